The molecule has 1 aliphatic heterocycles. The van der Waals surface area contributed by atoms with Crippen LogP contribution in [0.3, 0.4) is 0 Å². The fourth-order valence-corrected chi connectivity index (χ4v) is 6.96. The third-order valence-corrected chi connectivity index (χ3v) is 9.74. The van der Waals surface area contributed by atoms with Crippen molar-refractivity contribution < 1.29 is 37.8 Å². The van der Waals surface area contributed by atoms with Crippen LogP contribution in [0.2, 0.25) is 10.3 Å². The van der Waals surface area contributed by atoms with E-state index in [1.807, 2.05) is 18.2 Å². The van der Waals surface area contributed by atoms with Crippen molar-refractivity contribution in [2.24, 2.45) is 0 Å². The highest BCUT2D eigenvalue weighted by atomic mass is 35.5. The quantitative estimate of drug-likeness (QED) is 0.201. The first-order valence-corrected chi connectivity index (χ1v) is 14.7. The van der Waals surface area contributed by atoms with E-state index in [-0.39, 0.29) is 17.4 Å². The lowest BCUT2D eigenvalue weighted by Gasteiger charge is -2.20. The molecule has 3 aromatic rings. The SMILES string of the molecule is COP(=O)(CP(=O)(O)O)OC[C@H]1O[C@@H](n2nnc3c(NCc4ccccc4Cl)nc(Cl)nc32)C[C@@H]1O. The van der Waals surface area contributed by atoms with Gasteiger partial charge in [0.25, 0.3) is 0 Å². The van der Waals surface area contributed by atoms with E-state index in [0.29, 0.717) is 22.9 Å². The van der Waals surface area contributed by atoms with Gasteiger partial charge < -0.3 is 34.0 Å². The first-order chi connectivity index (χ1) is 17.0. The molecule has 0 amide bonds. The summed E-state index contributed by atoms with van der Waals surface area (Å²) in [7, 11) is -7.78. The Morgan fingerprint density at radius 2 is 2.00 bits per heavy atom. The Balaban J connectivity index is 1.49. The van der Waals surface area contributed by atoms with Crippen LogP contribution in [0.5, 0.6) is 0 Å². The van der Waals surface area contributed by atoms with Crippen molar-refractivity contribution in [1.29, 1.82) is 0 Å². The minimum atomic E-state index is -4.68. The number of halogens is 2. The van der Waals surface area contributed by atoms with Gasteiger partial charge in [0.1, 0.15) is 6.10 Å². The zero-order valence-corrected chi connectivity index (χ0v) is 21.9. The van der Waals surface area contributed by atoms with Crippen molar-refractivity contribution in [3.05, 3.63) is 40.1 Å². The molecule has 2 aromatic heterocycles. The summed E-state index contributed by atoms with van der Waals surface area (Å²) in [6.45, 7) is -0.114. The van der Waals surface area contributed by atoms with Crippen molar-refractivity contribution >= 4 is 55.4 Å². The first kappa shape index (κ1) is 27.3. The van der Waals surface area contributed by atoms with E-state index in [9.17, 15) is 14.2 Å². The molecule has 18 heteroatoms. The van der Waals surface area contributed by atoms with Crippen LogP contribution in [0, 0.1) is 0 Å². The van der Waals surface area contributed by atoms with E-state index < -0.39 is 46.1 Å². The van der Waals surface area contributed by atoms with Crippen LogP contribution in [0.1, 0.15) is 18.2 Å². The molecule has 3 heterocycles. The molecule has 4 N–H and O–H groups in total. The number of fused-ring (bicyclic) bond motifs is 1. The van der Waals surface area contributed by atoms with Gasteiger partial charge in [0, 0.05) is 25.1 Å². The van der Waals surface area contributed by atoms with Crippen LogP contribution >= 0.6 is 38.4 Å². The normalized spacial score (nSPS) is 22.1. The van der Waals surface area contributed by atoms with E-state index in [1.165, 1.54) is 4.68 Å². The predicted molar refractivity (Wildman–Crippen MR) is 129 cm³/mol. The number of nitrogens with one attached hydrogen (secondary N) is 1. The molecule has 0 bridgehead atoms. The van der Waals surface area contributed by atoms with Crippen LogP contribution in [0.4, 0.5) is 5.82 Å². The zero-order chi connectivity index (χ0) is 26.1. The lowest BCUT2D eigenvalue weighted by atomic mass is 10.2. The van der Waals surface area contributed by atoms with E-state index in [2.05, 4.69) is 30.1 Å². The van der Waals surface area contributed by atoms with Crippen LogP contribution in [0.25, 0.3) is 11.2 Å². The minimum absolute atomic E-state index is 0.0479. The highest BCUT2D eigenvalue weighted by Gasteiger charge is 2.40. The Kier molecular flexibility index (Phi) is 8.32. The summed E-state index contributed by atoms with van der Waals surface area (Å²) in [5, 5.41) is 22.2. The summed E-state index contributed by atoms with van der Waals surface area (Å²) < 4.78 is 40.6. The molecule has 1 aromatic carbocycles. The molecule has 14 nitrogen and oxygen atoms in total. The summed E-state index contributed by atoms with van der Waals surface area (Å²) in [6, 6.07) is 7.28. The van der Waals surface area contributed by atoms with Crippen molar-refractivity contribution in [2.45, 2.75) is 31.4 Å². The van der Waals surface area contributed by atoms with Crippen molar-refractivity contribution in [3.8, 4) is 0 Å². The molecule has 0 spiro atoms. The van der Waals surface area contributed by atoms with E-state index in [1.54, 1.807) is 6.07 Å². The van der Waals surface area contributed by atoms with Gasteiger partial charge in [-0.3, -0.25) is 9.13 Å². The van der Waals surface area contributed by atoms with Gasteiger partial charge in [-0.25, -0.2) is 0 Å². The van der Waals surface area contributed by atoms with Crippen molar-refractivity contribution in [3.63, 3.8) is 0 Å². The fourth-order valence-electron chi connectivity index (χ4n) is 3.52. The fraction of sp³-hybridized carbons (Fsp3) is 0.444. The van der Waals surface area contributed by atoms with Gasteiger partial charge in [-0.15, -0.1) is 5.10 Å². The number of aliphatic hydroxyl groups is 1. The molecule has 4 rings (SSSR count). The second kappa shape index (κ2) is 11.0. The number of nitrogens with zero attached hydrogens (tertiary/aromatic N) is 5. The maximum Gasteiger partial charge on any atom is 0.342 e. The van der Waals surface area contributed by atoms with Gasteiger partial charge in [-0.1, -0.05) is 35.0 Å². The van der Waals surface area contributed by atoms with E-state index in [0.717, 1.165) is 12.7 Å². The zero-order valence-electron chi connectivity index (χ0n) is 18.6. The number of aromatic nitrogens is 5. The smallest absolute Gasteiger partial charge is 0.342 e. The minimum Gasteiger partial charge on any atom is -0.390 e. The predicted octanol–water partition coefficient (Wildman–Crippen LogP) is 2.78. The van der Waals surface area contributed by atoms with Gasteiger partial charge in [0.05, 0.1) is 12.7 Å². The number of aliphatic hydroxyl groups excluding tert-OH is 1. The van der Waals surface area contributed by atoms with Crippen LogP contribution < -0.4 is 5.32 Å². The number of anilines is 1. The number of hydrogen-bond acceptors (Lipinski definition) is 11. The van der Waals surface area contributed by atoms with E-state index in [4.69, 9.17) is 42.2 Å². The molecule has 1 fully saturated rings. The molecule has 0 radical (unpaired) electrons. The Morgan fingerprint density at radius 3 is 2.69 bits per heavy atom. The summed E-state index contributed by atoms with van der Waals surface area (Å²) in [5.74, 6) is -0.788. The maximum atomic E-state index is 12.5. The topological polar surface area (TPSA) is 191 Å². The summed E-state index contributed by atoms with van der Waals surface area (Å²) in [4.78, 5) is 26.6. The average Bonchev–Trinajstić information content (AvgIpc) is 3.39. The number of ether oxygens (including phenoxy) is 1. The molecule has 1 unspecified atom stereocenters. The molecule has 0 saturated carbocycles. The van der Waals surface area contributed by atoms with Crippen LogP contribution in [-0.4, -0.2) is 71.7 Å². The van der Waals surface area contributed by atoms with Gasteiger partial charge in [-0.05, 0) is 23.2 Å². The van der Waals surface area contributed by atoms with Gasteiger partial charge >= 0.3 is 15.2 Å². The molecule has 1 saturated heterocycles. The highest BCUT2D eigenvalue weighted by Crippen LogP contribution is 2.58. The summed E-state index contributed by atoms with van der Waals surface area (Å²) in [6.07, 6.45) is -2.87. The molecule has 36 heavy (non-hydrogen) atoms. The molecule has 1 aliphatic rings. The number of benzene rings is 1. The summed E-state index contributed by atoms with van der Waals surface area (Å²) in [5.41, 5.74) is 1.36. The van der Waals surface area contributed by atoms with Crippen molar-refractivity contribution in [2.75, 3.05) is 24.9 Å². The lowest BCUT2D eigenvalue weighted by molar-refractivity contribution is -0.0444. The van der Waals surface area contributed by atoms with Gasteiger partial charge in [-0.2, -0.15) is 14.6 Å². The first-order valence-electron chi connectivity index (χ1n) is 10.4. The van der Waals surface area contributed by atoms with Crippen LogP contribution in [0.15, 0.2) is 24.3 Å². The second-order valence-corrected chi connectivity index (χ2v) is 12.9. The second-order valence-electron chi connectivity index (χ2n) is 7.82. The van der Waals surface area contributed by atoms with Gasteiger partial charge in [0.15, 0.2) is 29.1 Å². The standard InChI is InChI=1S/C18H22Cl2N6O8P2/c1-32-36(31,9-35(28,29)30)33-8-13-12(27)6-14(34-13)26-17-15(24-25-26)16(22-18(20)23-17)21-7-10-4-2-3-5-11(10)19/h2-5,12-14,27H,6-9H2,1H3,(H,21,22,23)(H2,28,29,30)/t12-,13+,14+,36?/m0/s1. The summed E-state index contributed by atoms with van der Waals surface area (Å²) >= 11 is 12.3. The highest BCUT2D eigenvalue weighted by molar-refractivity contribution is 7.70. The molecule has 4 atom stereocenters. The molecular weight excluding hydrogens is 561 g/mol. The van der Waals surface area contributed by atoms with Gasteiger partial charge in [0.2, 0.25) is 5.28 Å². The monoisotopic (exact) mass is 582 g/mol. The van der Waals surface area contributed by atoms with Crippen LogP contribution in [-0.2, 0) is 29.5 Å². The Bertz CT molecular complexity index is 1340. The largest absolute Gasteiger partial charge is 0.390 e. The number of hydrogen-bond donors (Lipinski definition) is 4. The van der Waals surface area contributed by atoms with Crippen molar-refractivity contribution in [1.82, 2.24) is 25.0 Å². The third-order valence-electron chi connectivity index (χ3n) is 5.25. The van der Waals surface area contributed by atoms with E-state index >= 15 is 0 Å². The Morgan fingerprint density at radius 1 is 1.25 bits per heavy atom. The maximum absolute atomic E-state index is 12.5. The number of rotatable bonds is 10. The molecule has 196 valence electrons. The Labute approximate surface area is 214 Å². The third kappa shape index (κ3) is 6.40. The molecular formula is C18H22Cl2N6O8P2. The molecule has 0 aliphatic carbocycles. The lowest BCUT2D eigenvalue weighted by Crippen LogP contribution is -2.26. The average molecular weight is 583 g/mol. The Hall–Kier alpha value is -1.70.